The largest absolute Gasteiger partial charge is 0.497 e. The van der Waals surface area contributed by atoms with Crippen LogP contribution >= 0.6 is 0 Å². The molecule has 0 aliphatic rings. The Balaban J connectivity index is 1.72. The molecule has 0 unspecified atom stereocenters. The molecule has 3 aromatic rings. The molecule has 0 radical (unpaired) electrons. The van der Waals surface area contributed by atoms with Gasteiger partial charge in [-0.05, 0) is 29.8 Å². The van der Waals surface area contributed by atoms with E-state index in [1.807, 2.05) is 48.5 Å². The first-order valence-electron chi connectivity index (χ1n) is 8.08. The van der Waals surface area contributed by atoms with Crippen molar-refractivity contribution in [3.8, 4) is 22.8 Å². The van der Waals surface area contributed by atoms with E-state index in [9.17, 15) is 4.79 Å². The van der Waals surface area contributed by atoms with Gasteiger partial charge in [0.05, 0.1) is 26.3 Å². The molecule has 26 heavy (non-hydrogen) atoms. The maximum atomic E-state index is 12.3. The molecular weight excluding hydrogens is 330 g/mol. The molecule has 0 bridgehead atoms. The lowest BCUT2D eigenvalue weighted by atomic mass is 10.1. The Labute approximate surface area is 151 Å². The Bertz CT molecular complexity index is 895. The zero-order chi connectivity index (χ0) is 18.4. The summed E-state index contributed by atoms with van der Waals surface area (Å²) in [4.78, 5) is 20.7. The van der Waals surface area contributed by atoms with Gasteiger partial charge in [0.15, 0.2) is 0 Å². The summed E-state index contributed by atoms with van der Waals surface area (Å²) < 4.78 is 10.5. The number of methoxy groups -OCH3 is 2. The maximum absolute atomic E-state index is 12.3. The van der Waals surface area contributed by atoms with Crippen molar-refractivity contribution in [1.82, 2.24) is 9.97 Å². The summed E-state index contributed by atoms with van der Waals surface area (Å²) in [6.45, 7) is 0. The van der Waals surface area contributed by atoms with Gasteiger partial charge in [-0.15, -0.1) is 0 Å². The normalized spacial score (nSPS) is 10.2. The number of nitrogens with zero attached hydrogens (tertiary/aromatic N) is 2. The van der Waals surface area contributed by atoms with E-state index in [1.54, 1.807) is 20.3 Å². The number of carbonyl (C=O) groups excluding carboxylic acids is 1. The third-order valence-electron chi connectivity index (χ3n) is 3.84. The number of anilines is 1. The molecule has 0 atom stereocenters. The van der Waals surface area contributed by atoms with Gasteiger partial charge in [-0.1, -0.05) is 24.3 Å². The molecule has 2 aromatic carbocycles. The van der Waals surface area contributed by atoms with Crippen LogP contribution in [0.1, 0.15) is 5.56 Å². The quantitative estimate of drug-likeness (QED) is 0.739. The second kappa shape index (κ2) is 8.11. The van der Waals surface area contributed by atoms with Crippen LogP contribution in [0, 0.1) is 0 Å². The summed E-state index contributed by atoms with van der Waals surface area (Å²) in [5.41, 5.74) is 2.41. The molecule has 0 spiro atoms. The summed E-state index contributed by atoms with van der Waals surface area (Å²) in [6.07, 6.45) is 1.67. The number of benzene rings is 2. The minimum Gasteiger partial charge on any atom is -0.497 e. The number of hydrogen-bond acceptors (Lipinski definition) is 5. The first-order chi connectivity index (χ1) is 12.7. The Kier molecular flexibility index (Phi) is 5.43. The van der Waals surface area contributed by atoms with Crippen LogP contribution in [-0.4, -0.2) is 30.1 Å². The SMILES string of the molecule is COc1ccc(CC(=O)Nc2cc(-c3ccccc3OC)ncn2)cc1. The number of nitrogens with one attached hydrogen (secondary N) is 1. The Morgan fingerprint density at radius 2 is 1.77 bits per heavy atom. The van der Waals surface area contributed by atoms with Crippen LogP contribution in [-0.2, 0) is 11.2 Å². The van der Waals surface area contributed by atoms with Crippen LogP contribution in [0.4, 0.5) is 5.82 Å². The van der Waals surface area contributed by atoms with E-state index < -0.39 is 0 Å². The standard InChI is InChI=1S/C20H19N3O3/c1-25-15-9-7-14(8-10-15)11-20(24)23-19-12-17(21-13-22-19)16-5-3-4-6-18(16)26-2/h3-10,12-13H,11H2,1-2H3,(H,21,22,23,24). The molecule has 0 fully saturated rings. The van der Waals surface area contributed by atoms with Gasteiger partial charge in [-0.2, -0.15) is 0 Å². The van der Waals surface area contributed by atoms with Crippen molar-refractivity contribution in [3.63, 3.8) is 0 Å². The van der Waals surface area contributed by atoms with Crippen molar-refractivity contribution in [2.45, 2.75) is 6.42 Å². The molecule has 132 valence electrons. The molecule has 6 nitrogen and oxygen atoms in total. The van der Waals surface area contributed by atoms with Gasteiger partial charge in [-0.25, -0.2) is 9.97 Å². The van der Waals surface area contributed by atoms with Crippen LogP contribution in [0.15, 0.2) is 60.9 Å². The van der Waals surface area contributed by atoms with E-state index in [2.05, 4.69) is 15.3 Å². The second-order valence-electron chi connectivity index (χ2n) is 5.56. The summed E-state index contributed by atoms with van der Waals surface area (Å²) >= 11 is 0. The van der Waals surface area contributed by atoms with Crippen molar-refractivity contribution >= 4 is 11.7 Å². The van der Waals surface area contributed by atoms with Crippen LogP contribution in [0.3, 0.4) is 0 Å². The molecule has 1 N–H and O–H groups in total. The molecular formula is C20H19N3O3. The van der Waals surface area contributed by atoms with Gasteiger partial charge < -0.3 is 14.8 Å². The van der Waals surface area contributed by atoms with Gasteiger partial charge in [0.1, 0.15) is 23.6 Å². The Morgan fingerprint density at radius 1 is 1.00 bits per heavy atom. The predicted octanol–water partition coefficient (Wildman–Crippen LogP) is 3.34. The van der Waals surface area contributed by atoms with Crippen LogP contribution < -0.4 is 14.8 Å². The van der Waals surface area contributed by atoms with Gasteiger partial charge in [0, 0.05) is 11.6 Å². The van der Waals surface area contributed by atoms with Crippen molar-refractivity contribution in [2.75, 3.05) is 19.5 Å². The van der Waals surface area contributed by atoms with E-state index in [1.165, 1.54) is 6.33 Å². The van der Waals surface area contributed by atoms with E-state index in [4.69, 9.17) is 9.47 Å². The smallest absolute Gasteiger partial charge is 0.229 e. The molecule has 0 saturated heterocycles. The molecule has 1 heterocycles. The van der Waals surface area contributed by atoms with Gasteiger partial charge in [0.25, 0.3) is 0 Å². The highest BCUT2D eigenvalue weighted by Gasteiger charge is 2.10. The average molecular weight is 349 g/mol. The average Bonchev–Trinajstić information content (AvgIpc) is 2.68. The van der Waals surface area contributed by atoms with E-state index in [-0.39, 0.29) is 12.3 Å². The minimum atomic E-state index is -0.153. The number of rotatable bonds is 6. The highest BCUT2D eigenvalue weighted by Crippen LogP contribution is 2.28. The third kappa shape index (κ3) is 4.16. The highest BCUT2D eigenvalue weighted by atomic mass is 16.5. The fourth-order valence-electron chi connectivity index (χ4n) is 2.55. The monoisotopic (exact) mass is 349 g/mol. The number of aromatic nitrogens is 2. The zero-order valence-corrected chi connectivity index (χ0v) is 14.6. The van der Waals surface area contributed by atoms with E-state index >= 15 is 0 Å². The van der Waals surface area contributed by atoms with E-state index in [0.717, 1.165) is 16.9 Å². The minimum absolute atomic E-state index is 0.153. The molecule has 6 heteroatoms. The number of ether oxygens (including phenoxy) is 2. The number of hydrogen-bond donors (Lipinski definition) is 1. The van der Waals surface area contributed by atoms with Crippen molar-refractivity contribution in [2.24, 2.45) is 0 Å². The molecule has 0 aliphatic carbocycles. The van der Waals surface area contributed by atoms with E-state index in [0.29, 0.717) is 17.3 Å². The lowest BCUT2D eigenvalue weighted by molar-refractivity contribution is -0.115. The zero-order valence-electron chi connectivity index (χ0n) is 14.6. The summed E-state index contributed by atoms with van der Waals surface area (Å²) in [5.74, 6) is 1.76. The lowest BCUT2D eigenvalue weighted by Gasteiger charge is -2.09. The number of para-hydroxylation sites is 1. The van der Waals surface area contributed by atoms with Crippen molar-refractivity contribution in [3.05, 3.63) is 66.5 Å². The molecule has 1 aromatic heterocycles. The predicted molar refractivity (Wildman–Crippen MR) is 99.3 cm³/mol. The lowest BCUT2D eigenvalue weighted by Crippen LogP contribution is -2.15. The fraction of sp³-hybridized carbons (Fsp3) is 0.150. The third-order valence-corrected chi connectivity index (χ3v) is 3.84. The first-order valence-corrected chi connectivity index (χ1v) is 8.08. The first kappa shape index (κ1) is 17.4. The summed E-state index contributed by atoms with van der Waals surface area (Å²) in [5, 5.41) is 2.80. The van der Waals surface area contributed by atoms with Gasteiger partial charge >= 0.3 is 0 Å². The maximum Gasteiger partial charge on any atom is 0.229 e. The molecule has 1 amide bonds. The molecule has 3 rings (SSSR count). The van der Waals surface area contributed by atoms with Crippen molar-refractivity contribution in [1.29, 1.82) is 0 Å². The number of amides is 1. The van der Waals surface area contributed by atoms with Crippen LogP contribution in [0.25, 0.3) is 11.3 Å². The number of carbonyl (C=O) groups is 1. The van der Waals surface area contributed by atoms with Crippen molar-refractivity contribution < 1.29 is 14.3 Å². The molecule has 0 saturated carbocycles. The summed E-state index contributed by atoms with van der Waals surface area (Å²) in [7, 11) is 3.22. The van der Waals surface area contributed by atoms with Crippen LogP contribution in [0.5, 0.6) is 11.5 Å². The topological polar surface area (TPSA) is 73.3 Å². The Hall–Kier alpha value is -3.41. The van der Waals surface area contributed by atoms with Gasteiger partial charge in [0.2, 0.25) is 5.91 Å². The van der Waals surface area contributed by atoms with Crippen LogP contribution in [0.2, 0.25) is 0 Å². The second-order valence-corrected chi connectivity index (χ2v) is 5.56. The molecule has 0 aliphatic heterocycles. The fourth-order valence-corrected chi connectivity index (χ4v) is 2.55. The highest BCUT2D eigenvalue weighted by molar-refractivity contribution is 5.91. The Morgan fingerprint density at radius 3 is 2.50 bits per heavy atom. The summed E-state index contributed by atoms with van der Waals surface area (Å²) in [6, 6.07) is 16.7. The van der Waals surface area contributed by atoms with Gasteiger partial charge in [-0.3, -0.25) is 4.79 Å².